The van der Waals surface area contributed by atoms with Crippen molar-refractivity contribution in [3.05, 3.63) is 47.1 Å². The molecule has 0 radical (unpaired) electrons. The van der Waals surface area contributed by atoms with E-state index in [1.165, 1.54) is 11.1 Å². The zero-order valence-electron chi connectivity index (χ0n) is 12.7. The average molecular weight is 303 g/mol. The summed E-state index contributed by atoms with van der Waals surface area (Å²) in [7, 11) is 0. The van der Waals surface area contributed by atoms with Crippen molar-refractivity contribution in [2.45, 2.75) is 50.3 Å². The molecule has 0 spiro atoms. The molecule has 1 unspecified atom stereocenters. The third kappa shape index (κ3) is 3.66. The van der Waals surface area contributed by atoms with Crippen LogP contribution in [0.25, 0.3) is 0 Å². The van der Waals surface area contributed by atoms with Crippen LogP contribution in [0.5, 0.6) is 0 Å². The van der Waals surface area contributed by atoms with E-state index in [0.29, 0.717) is 5.89 Å². The lowest BCUT2D eigenvalue weighted by Gasteiger charge is -2.23. The Morgan fingerprint density at radius 1 is 1.29 bits per heavy atom. The summed E-state index contributed by atoms with van der Waals surface area (Å²) in [6, 6.07) is 8.63. The van der Waals surface area contributed by atoms with Crippen molar-refractivity contribution in [3.8, 4) is 0 Å². The van der Waals surface area contributed by atoms with Gasteiger partial charge in [-0.25, -0.2) is 0 Å². The van der Waals surface area contributed by atoms with Crippen LogP contribution in [0.15, 0.2) is 28.8 Å². The van der Waals surface area contributed by atoms with Crippen molar-refractivity contribution < 1.29 is 4.52 Å². The zero-order valence-corrected chi connectivity index (χ0v) is 13.5. The molecule has 0 aliphatic carbocycles. The first-order chi connectivity index (χ1) is 10.0. The maximum absolute atomic E-state index is 5.45. The lowest BCUT2D eigenvalue weighted by molar-refractivity contribution is 0.319. The Hall–Kier alpha value is -1.33. The summed E-state index contributed by atoms with van der Waals surface area (Å²) in [5.41, 5.74) is 2.72. The quantitative estimate of drug-likeness (QED) is 0.940. The lowest BCUT2D eigenvalue weighted by atomic mass is 9.96. The first-order valence-electron chi connectivity index (χ1n) is 7.28. The monoisotopic (exact) mass is 303 g/mol. The summed E-state index contributed by atoms with van der Waals surface area (Å²) in [6.07, 6.45) is 0.907. The molecule has 1 aromatic carbocycles. The summed E-state index contributed by atoms with van der Waals surface area (Å²) in [6.45, 7) is 7.43. The maximum Gasteiger partial charge on any atom is 0.244 e. The van der Waals surface area contributed by atoms with Gasteiger partial charge in [0.2, 0.25) is 5.89 Å². The molecule has 2 heterocycles. The highest BCUT2D eigenvalue weighted by Crippen LogP contribution is 2.28. The van der Waals surface area contributed by atoms with Gasteiger partial charge in [-0.3, -0.25) is 0 Å². The molecular weight excluding hydrogens is 282 g/mol. The van der Waals surface area contributed by atoms with Gasteiger partial charge in [0.1, 0.15) is 0 Å². The summed E-state index contributed by atoms with van der Waals surface area (Å²) in [4.78, 5) is 4.55. The number of fused-ring (bicyclic) bond motifs is 1. The fourth-order valence-corrected chi connectivity index (χ4v) is 3.06. The van der Waals surface area contributed by atoms with E-state index in [-0.39, 0.29) is 10.8 Å². The highest BCUT2D eigenvalue weighted by molar-refractivity contribution is 7.99. The molecule has 112 valence electrons. The van der Waals surface area contributed by atoms with E-state index in [4.69, 9.17) is 4.52 Å². The van der Waals surface area contributed by atoms with Crippen molar-refractivity contribution in [2.75, 3.05) is 0 Å². The predicted octanol–water partition coefficient (Wildman–Crippen LogP) is 3.49. The second-order valence-electron chi connectivity index (χ2n) is 6.36. The van der Waals surface area contributed by atoms with E-state index in [9.17, 15) is 0 Å². The smallest absolute Gasteiger partial charge is 0.244 e. The lowest BCUT2D eigenvalue weighted by Crippen LogP contribution is -2.28. The van der Waals surface area contributed by atoms with E-state index in [0.717, 1.165) is 24.5 Å². The van der Waals surface area contributed by atoms with Crippen LogP contribution >= 0.6 is 11.8 Å². The topological polar surface area (TPSA) is 51.0 Å². The normalized spacial score (nSPS) is 18.5. The molecule has 0 amide bonds. The van der Waals surface area contributed by atoms with Crippen LogP contribution in [-0.4, -0.2) is 14.9 Å². The fraction of sp³-hybridized carbons (Fsp3) is 0.500. The first kappa shape index (κ1) is 14.6. The van der Waals surface area contributed by atoms with Gasteiger partial charge in [0.05, 0.1) is 11.8 Å². The molecule has 0 saturated carbocycles. The summed E-state index contributed by atoms with van der Waals surface area (Å²) >= 11 is 1.83. The standard InChI is InChI=1S/C16H21N3OS/c1-16(2,3)21-10-14-18-15(20-19-14)13-8-11-6-4-5-7-12(11)9-17-13/h4-7,13,17H,8-10H2,1-3H3. The molecule has 1 N–H and O–H groups in total. The minimum Gasteiger partial charge on any atom is -0.338 e. The molecule has 1 atom stereocenters. The molecule has 21 heavy (non-hydrogen) atoms. The highest BCUT2D eigenvalue weighted by Gasteiger charge is 2.24. The number of nitrogens with zero attached hydrogens (tertiary/aromatic N) is 2. The van der Waals surface area contributed by atoms with Gasteiger partial charge >= 0.3 is 0 Å². The van der Waals surface area contributed by atoms with E-state index in [2.05, 4.69) is 60.5 Å². The Kier molecular flexibility index (Phi) is 4.04. The van der Waals surface area contributed by atoms with Crippen LogP contribution in [0, 0.1) is 0 Å². The predicted molar refractivity (Wildman–Crippen MR) is 85.1 cm³/mol. The molecule has 2 aromatic rings. The van der Waals surface area contributed by atoms with Gasteiger partial charge < -0.3 is 9.84 Å². The van der Waals surface area contributed by atoms with Crippen LogP contribution < -0.4 is 5.32 Å². The van der Waals surface area contributed by atoms with Gasteiger partial charge in [-0.2, -0.15) is 4.98 Å². The number of aromatic nitrogens is 2. The Labute approximate surface area is 129 Å². The molecule has 1 aromatic heterocycles. The van der Waals surface area contributed by atoms with Crippen LogP contribution in [0.3, 0.4) is 0 Å². The second kappa shape index (κ2) is 5.81. The summed E-state index contributed by atoms with van der Waals surface area (Å²) in [5, 5.41) is 7.58. The van der Waals surface area contributed by atoms with Crippen LogP contribution in [0.1, 0.15) is 49.7 Å². The van der Waals surface area contributed by atoms with Crippen molar-refractivity contribution in [2.24, 2.45) is 0 Å². The van der Waals surface area contributed by atoms with Gasteiger partial charge in [-0.1, -0.05) is 50.2 Å². The molecule has 0 saturated heterocycles. The molecule has 0 bridgehead atoms. The Morgan fingerprint density at radius 3 is 2.81 bits per heavy atom. The molecule has 3 rings (SSSR count). The zero-order chi connectivity index (χ0) is 14.9. The summed E-state index contributed by atoms with van der Waals surface area (Å²) in [5.74, 6) is 2.27. The first-order valence-corrected chi connectivity index (χ1v) is 8.26. The maximum atomic E-state index is 5.45. The molecule has 1 aliphatic rings. The van der Waals surface area contributed by atoms with Crippen LogP contribution in [0.4, 0.5) is 0 Å². The minimum atomic E-state index is 0.126. The molecule has 1 aliphatic heterocycles. The van der Waals surface area contributed by atoms with Crippen LogP contribution in [-0.2, 0) is 18.7 Å². The third-order valence-corrected chi connectivity index (χ3v) is 4.77. The van der Waals surface area contributed by atoms with Crippen molar-refractivity contribution >= 4 is 11.8 Å². The Bertz CT molecular complexity index is 618. The SMILES string of the molecule is CC(C)(C)SCc1noc(C2Cc3ccccc3CN2)n1. The number of nitrogens with one attached hydrogen (secondary N) is 1. The number of thioether (sulfide) groups is 1. The van der Waals surface area contributed by atoms with Crippen LogP contribution in [0.2, 0.25) is 0 Å². The number of rotatable bonds is 3. The largest absolute Gasteiger partial charge is 0.338 e. The summed E-state index contributed by atoms with van der Waals surface area (Å²) < 4.78 is 5.66. The van der Waals surface area contributed by atoms with Crippen molar-refractivity contribution in [1.29, 1.82) is 0 Å². The van der Waals surface area contributed by atoms with E-state index < -0.39 is 0 Å². The van der Waals surface area contributed by atoms with Gasteiger partial charge in [-0.05, 0) is 17.5 Å². The Morgan fingerprint density at radius 2 is 2.05 bits per heavy atom. The number of hydrogen-bond donors (Lipinski definition) is 1. The molecule has 0 fully saturated rings. The van der Waals surface area contributed by atoms with Gasteiger partial charge in [0, 0.05) is 11.3 Å². The van der Waals surface area contributed by atoms with Gasteiger partial charge in [-0.15, -0.1) is 11.8 Å². The van der Waals surface area contributed by atoms with Gasteiger partial charge in [0.25, 0.3) is 0 Å². The average Bonchev–Trinajstić information content (AvgIpc) is 2.93. The Balaban J connectivity index is 1.67. The van der Waals surface area contributed by atoms with E-state index in [1.807, 2.05) is 11.8 Å². The van der Waals surface area contributed by atoms with E-state index in [1.54, 1.807) is 0 Å². The van der Waals surface area contributed by atoms with Crippen molar-refractivity contribution in [1.82, 2.24) is 15.5 Å². The molecule has 4 nitrogen and oxygen atoms in total. The van der Waals surface area contributed by atoms with Gasteiger partial charge in [0.15, 0.2) is 5.82 Å². The second-order valence-corrected chi connectivity index (χ2v) is 8.16. The number of hydrogen-bond acceptors (Lipinski definition) is 5. The molecule has 5 heteroatoms. The highest BCUT2D eigenvalue weighted by atomic mass is 32.2. The van der Waals surface area contributed by atoms with Crippen molar-refractivity contribution in [3.63, 3.8) is 0 Å². The third-order valence-electron chi connectivity index (χ3n) is 3.50. The minimum absolute atomic E-state index is 0.126. The number of benzene rings is 1. The molecular formula is C16H21N3OS. The van der Waals surface area contributed by atoms with E-state index >= 15 is 0 Å². The fourth-order valence-electron chi connectivity index (χ4n) is 2.38.